The number of nitrogens with zero attached hydrogens (tertiary/aromatic N) is 3. The van der Waals surface area contributed by atoms with Gasteiger partial charge in [-0.1, -0.05) is 0 Å². The van der Waals surface area contributed by atoms with E-state index in [-0.39, 0.29) is 12.5 Å². The fourth-order valence-corrected chi connectivity index (χ4v) is 1.86. The van der Waals surface area contributed by atoms with Gasteiger partial charge >= 0.3 is 0 Å². The van der Waals surface area contributed by atoms with Crippen LogP contribution in [-0.2, 0) is 4.79 Å². The molecule has 98 valence electrons. The van der Waals surface area contributed by atoms with E-state index >= 15 is 0 Å². The first-order chi connectivity index (χ1) is 8.72. The fourth-order valence-electron chi connectivity index (χ4n) is 1.86. The number of carbonyl (C=O) groups excluding carboxylic acids is 1. The average Bonchev–Trinajstić information content (AvgIpc) is 2.57. The summed E-state index contributed by atoms with van der Waals surface area (Å²) < 4.78 is 5.32. The van der Waals surface area contributed by atoms with Crippen LogP contribution in [0.5, 0.6) is 5.88 Å². The van der Waals surface area contributed by atoms with E-state index in [1.165, 1.54) is 6.33 Å². The van der Waals surface area contributed by atoms with E-state index in [1.54, 1.807) is 0 Å². The standard InChI is InChI=1S/C11H17N5O2/c1-2-18-11-9(12)10(14-7-15-11)16-5-3-4-13-8(17)6-16/h7H,2-6,12H2,1H3,(H,13,17). The molecule has 2 rings (SSSR count). The molecule has 0 unspecified atom stereocenters. The van der Waals surface area contributed by atoms with Gasteiger partial charge in [-0.25, -0.2) is 4.98 Å². The first kappa shape index (κ1) is 12.4. The zero-order valence-corrected chi connectivity index (χ0v) is 10.3. The number of amides is 1. The molecule has 1 aromatic rings. The first-order valence-corrected chi connectivity index (χ1v) is 5.97. The average molecular weight is 251 g/mol. The van der Waals surface area contributed by atoms with Crippen molar-refractivity contribution < 1.29 is 9.53 Å². The maximum absolute atomic E-state index is 11.5. The third-order valence-corrected chi connectivity index (χ3v) is 2.67. The van der Waals surface area contributed by atoms with Crippen LogP contribution in [0.25, 0.3) is 0 Å². The lowest BCUT2D eigenvalue weighted by Crippen LogP contribution is -2.34. The normalized spacial score (nSPS) is 16.1. The Hall–Kier alpha value is -2.05. The molecule has 7 nitrogen and oxygen atoms in total. The van der Waals surface area contributed by atoms with Crippen LogP contribution >= 0.6 is 0 Å². The van der Waals surface area contributed by atoms with E-state index in [0.717, 1.165) is 13.0 Å². The van der Waals surface area contributed by atoms with Crippen molar-refractivity contribution in [2.24, 2.45) is 0 Å². The van der Waals surface area contributed by atoms with Crippen molar-refractivity contribution in [2.75, 3.05) is 36.9 Å². The predicted molar refractivity (Wildman–Crippen MR) is 67.5 cm³/mol. The highest BCUT2D eigenvalue weighted by Gasteiger charge is 2.20. The minimum atomic E-state index is -0.0246. The summed E-state index contributed by atoms with van der Waals surface area (Å²) in [5.41, 5.74) is 6.36. The summed E-state index contributed by atoms with van der Waals surface area (Å²) in [6.07, 6.45) is 2.26. The van der Waals surface area contributed by atoms with Crippen molar-refractivity contribution in [3.8, 4) is 5.88 Å². The highest BCUT2D eigenvalue weighted by molar-refractivity contribution is 5.83. The number of aromatic nitrogens is 2. The quantitative estimate of drug-likeness (QED) is 0.771. The lowest BCUT2D eigenvalue weighted by atomic mass is 10.3. The van der Waals surface area contributed by atoms with Crippen LogP contribution < -0.4 is 20.7 Å². The Bertz CT molecular complexity index is 437. The highest BCUT2D eigenvalue weighted by atomic mass is 16.5. The van der Waals surface area contributed by atoms with Crippen LogP contribution in [0.3, 0.4) is 0 Å². The van der Waals surface area contributed by atoms with Gasteiger partial charge in [0.05, 0.1) is 13.2 Å². The molecule has 1 amide bonds. The topological polar surface area (TPSA) is 93.4 Å². The summed E-state index contributed by atoms with van der Waals surface area (Å²) in [6, 6.07) is 0. The van der Waals surface area contributed by atoms with Crippen molar-refractivity contribution in [2.45, 2.75) is 13.3 Å². The van der Waals surface area contributed by atoms with Crippen LogP contribution in [0, 0.1) is 0 Å². The Morgan fingerprint density at radius 2 is 2.39 bits per heavy atom. The second-order valence-electron chi connectivity index (χ2n) is 3.97. The van der Waals surface area contributed by atoms with Gasteiger partial charge in [-0.15, -0.1) is 0 Å². The smallest absolute Gasteiger partial charge is 0.242 e. The van der Waals surface area contributed by atoms with Gasteiger partial charge in [-0.3, -0.25) is 4.79 Å². The third kappa shape index (κ3) is 2.61. The largest absolute Gasteiger partial charge is 0.476 e. The second-order valence-corrected chi connectivity index (χ2v) is 3.97. The molecule has 18 heavy (non-hydrogen) atoms. The van der Waals surface area contributed by atoms with Gasteiger partial charge in [0, 0.05) is 13.1 Å². The van der Waals surface area contributed by atoms with Gasteiger partial charge in [-0.05, 0) is 13.3 Å². The lowest BCUT2D eigenvalue weighted by molar-refractivity contribution is -0.119. The molecule has 0 aliphatic carbocycles. The number of ether oxygens (including phenoxy) is 1. The van der Waals surface area contributed by atoms with Crippen molar-refractivity contribution in [1.82, 2.24) is 15.3 Å². The van der Waals surface area contributed by atoms with Crippen molar-refractivity contribution in [3.05, 3.63) is 6.33 Å². The van der Waals surface area contributed by atoms with Crippen LogP contribution in [0.4, 0.5) is 11.5 Å². The van der Waals surface area contributed by atoms with E-state index in [0.29, 0.717) is 30.5 Å². The molecule has 1 aliphatic rings. The molecule has 7 heteroatoms. The highest BCUT2D eigenvalue weighted by Crippen LogP contribution is 2.28. The predicted octanol–water partition coefficient (Wildman–Crippen LogP) is -0.216. The number of hydrogen-bond acceptors (Lipinski definition) is 6. The molecule has 1 saturated heterocycles. The molecule has 0 radical (unpaired) electrons. The minimum absolute atomic E-state index is 0.0246. The van der Waals surface area contributed by atoms with Gasteiger partial charge in [0.1, 0.15) is 12.0 Å². The van der Waals surface area contributed by atoms with E-state index in [2.05, 4.69) is 15.3 Å². The summed E-state index contributed by atoms with van der Waals surface area (Å²) in [4.78, 5) is 21.5. The molecule has 1 aliphatic heterocycles. The number of carbonyl (C=O) groups is 1. The SMILES string of the molecule is CCOc1ncnc(N2CCCNC(=O)C2)c1N. The van der Waals surface area contributed by atoms with Crippen LogP contribution in [0.15, 0.2) is 6.33 Å². The van der Waals surface area contributed by atoms with Crippen molar-refractivity contribution >= 4 is 17.4 Å². The van der Waals surface area contributed by atoms with E-state index < -0.39 is 0 Å². The van der Waals surface area contributed by atoms with Crippen LogP contribution in [0.1, 0.15) is 13.3 Å². The molecule has 0 atom stereocenters. The molecule has 0 bridgehead atoms. The maximum atomic E-state index is 11.5. The van der Waals surface area contributed by atoms with Gasteiger partial charge < -0.3 is 20.7 Å². The number of rotatable bonds is 3. The lowest BCUT2D eigenvalue weighted by Gasteiger charge is -2.22. The monoisotopic (exact) mass is 251 g/mol. The zero-order valence-electron chi connectivity index (χ0n) is 10.3. The van der Waals surface area contributed by atoms with E-state index in [4.69, 9.17) is 10.5 Å². The summed E-state index contributed by atoms with van der Waals surface area (Å²) in [6.45, 7) is 4.01. The van der Waals surface area contributed by atoms with E-state index in [9.17, 15) is 4.79 Å². The number of nitrogens with two attached hydrogens (primary N) is 1. The van der Waals surface area contributed by atoms with Gasteiger partial charge in [0.25, 0.3) is 0 Å². The van der Waals surface area contributed by atoms with E-state index in [1.807, 2.05) is 11.8 Å². The summed E-state index contributed by atoms with van der Waals surface area (Å²) in [7, 11) is 0. The Kier molecular flexibility index (Phi) is 3.81. The molecule has 2 heterocycles. The molecule has 3 N–H and O–H groups in total. The molecule has 1 fully saturated rings. The summed E-state index contributed by atoms with van der Waals surface area (Å²) >= 11 is 0. The maximum Gasteiger partial charge on any atom is 0.242 e. The third-order valence-electron chi connectivity index (χ3n) is 2.67. The Morgan fingerprint density at radius 1 is 1.56 bits per heavy atom. The molecule has 0 saturated carbocycles. The summed E-state index contributed by atoms with van der Waals surface area (Å²) in [5.74, 6) is 0.904. The van der Waals surface area contributed by atoms with Gasteiger partial charge in [0.2, 0.25) is 11.8 Å². The van der Waals surface area contributed by atoms with Crippen LogP contribution in [0.2, 0.25) is 0 Å². The van der Waals surface area contributed by atoms with Gasteiger partial charge in [-0.2, -0.15) is 4.98 Å². The minimum Gasteiger partial charge on any atom is -0.476 e. The second kappa shape index (κ2) is 5.52. The Morgan fingerprint density at radius 3 is 3.17 bits per heavy atom. The number of nitrogen functional groups attached to an aromatic ring is 1. The molecular weight excluding hydrogens is 234 g/mol. The number of anilines is 2. The fraction of sp³-hybridized carbons (Fsp3) is 0.545. The molecule has 0 aromatic carbocycles. The molecular formula is C11H17N5O2. The number of hydrogen-bond donors (Lipinski definition) is 2. The summed E-state index contributed by atoms with van der Waals surface area (Å²) in [5, 5.41) is 2.81. The number of nitrogens with one attached hydrogen (secondary N) is 1. The van der Waals surface area contributed by atoms with Gasteiger partial charge in [0.15, 0.2) is 5.82 Å². The molecule has 0 spiro atoms. The Labute approximate surface area is 105 Å². The van der Waals surface area contributed by atoms with Crippen molar-refractivity contribution in [3.63, 3.8) is 0 Å². The Balaban J connectivity index is 2.26. The zero-order chi connectivity index (χ0) is 13.0. The van der Waals surface area contributed by atoms with Crippen LogP contribution in [-0.4, -0.2) is 42.1 Å². The van der Waals surface area contributed by atoms with Crippen molar-refractivity contribution in [1.29, 1.82) is 0 Å². The molecule has 1 aromatic heterocycles. The first-order valence-electron chi connectivity index (χ1n) is 5.97.